The fourth-order valence-corrected chi connectivity index (χ4v) is 5.10. The molecule has 2 atom stereocenters. The van der Waals surface area contributed by atoms with Gasteiger partial charge < -0.3 is 9.64 Å². The predicted molar refractivity (Wildman–Crippen MR) is 128 cm³/mol. The van der Waals surface area contributed by atoms with E-state index < -0.39 is 0 Å². The van der Waals surface area contributed by atoms with Gasteiger partial charge in [-0.05, 0) is 49.8 Å². The molecule has 2 heterocycles. The molecule has 172 valence electrons. The van der Waals surface area contributed by atoms with E-state index in [2.05, 4.69) is 49.3 Å². The van der Waals surface area contributed by atoms with Crippen LogP contribution in [0.5, 0.6) is 0 Å². The minimum atomic E-state index is -0.216. The van der Waals surface area contributed by atoms with E-state index >= 15 is 0 Å². The smallest absolute Gasteiger partial charge is 0.410 e. The minimum absolute atomic E-state index is 0.216. The number of likely N-dealkylation sites (tertiary alicyclic amines) is 1. The standard InChI is InChI=1S/C25H38ClN3O2/c1-5-14-31-25(30)27-12-10-23(11-13-27)29-17-20(4)28(16-19(2)3)18-24(29)15-21-6-8-22(26)9-7-21/h5-9,19-20,23-24H,1,10-18H2,2-4H3/t20-,24-/m0/s1. The van der Waals surface area contributed by atoms with Crippen molar-refractivity contribution in [3.63, 3.8) is 0 Å². The van der Waals surface area contributed by atoms with Crippen molar-refractivity contribution in [2.75, 3.05) is 39.3 Å². The van der Waals surface area contributed by atoms with E-state index in [1.54, 1.807) is 6.08 Å². The van der Waals surface area contributed by atoms with Crippen LogP contribution in [0.15, 0.2) is 36.9 Å². The number of hydrogen-bond donors (Lipinski definition) is 0. The highest BCUT2D eigenvalue weighted by Gasteiger charge is 2.37. The lowest BCUT2D eigenvalue weighted by molar-refractivity contribution is -0.0144. The highest BCUT2D eigenvalue weighted by molar-refractivity contribution is 6.30. The summed E-state index contributed by atoms with van der Waals surface area (Å²) in [4.78, 5) is 19.4. The van der Waals surface area contributed by atoms with Gasteiger partial charge in [0.25, 0.3) is 0 Å². The zero-order valence-electron chi connectivity index (χ0n) is 19.3. The molecule has 0 aromatic heterocycles. The summed E-state index contributed by atoms with van der Waals surface area (Å²) in [5.41, 5.74) is 1.34. The first-order chi connectivity index (χ1) is 14.9. The Morgan fingerprint density at radius 3 is 2.52 bits per heavy atom. The number of carbonyl (C=O) groups is 1. The number of nitrogens with zero attached hydrogens (tertiary/aromatic N) is 3. The van der Waals surface area contributed by atoms with Crippen molar-refractivity contribution in [3.05, 3.63) is 47.5 Å². The van der Waals surface area contributed by atoms with Crippen LogP contribution in [0.25, 0.3) is 0 Å². The molecule has 0 saturated carbocycles. The Balaban J connectivity index is 1.67. The molecule has 0 N–H and O–H groups in total. The summed E-state index contributed by atoms with van der Waals surface area (Å²) < 4.78 is 5.23. The summed E-state index contributed by atoms with van der Waals surface area (Å²) >= 11 is 6.11. The van der Waals surface area contributed by atoms with Gasteiger partial charge in [-0.15, -0.1) is 0 Å². The first-order valence-electron chi connectivity index (χ1n) is 11.6. The number of carbonyl (C=O) groups excluding carboxylic acids is 1. The third kappa shape index (κ3) is 6.71. The highest BCUT2D eigenvalue weighted by Crippen LogP contribution is 2.27. The van der Waals surface area contributed by atoms with Crippen LogP contribution in [-0.4, -0.2) is 78.2 Å². The lowest BCUT2D eigenvalue weighted by atomic mass is 9.93. The molecule has 2 saturated heterocycles. The molecule has 3 rings (SSSR count). The maximum Gasteiger partial charge on any atom is 0.410 e. The van der Waals surface area contributed by atoms with E-state index in [1.807, 2.05) is 17.0 Å². The molecule has 0 spiro atoms. The van der Waals surface area contributed by atoms with Gasteiger partial charge in [0.15, 0.2) is 0 Å². The molecule has 0 radical (unpaired) electrons. The van der Waals surface area contributed by atoms with Crippen LogP contribution in [0.4, 0.5) is 4.79 Å². The normalized spacial score (nSPS) is 23.8. The van der Waals surface area contributed by atoms with Crippen LogP contribution >= 0.6 is 11.6 Å². The van der Waals surface area contributed by atoms with Crippen molar-refractivity contribution < 1.29 is 9.53 Å². The summed E-state index contributed by atoms with van der Waals surface area (Å²) in [6, 6.07) is 9.81. The van der Waals surface area contributed by atoms with Gasteiger partial charge in [0.1, 0.15) is 6.61 Å². The Kier molecular flexibility index (Phi) is 8.82. The Labute approximate surface area is 193 Å². The largest absolute Gasteiger partial charge is 0.445 e. The average Bonchev–Trinajstić information content (AvgIpc) is 2.75. The number of rotatable bonds is 7. The van der Waals surface area contributed by atoms with Crippen molar-refractivity contribution in [1.82, 2.24) is 14.7 Å². The Hall–Kier alpha value is -1.56. The molecule has 0 unspecified atom stereocenters. The number of benzene rings is 1. The van der Waals surface area contributed by atoms with E-state index in [-0.39, 0.29) is 12.7 Å². The van der Waals surface area contributed by atoms with Gasteiger partial charge in [-0.25, -0.2) is 4.79 Å². The van der Waals surface area contributed by atoms with Gasteiger partial charge in [0.05, 0.1) is 0 Å². The van der Waals surface area contributed by atoms with Gasteiger partial charge in [-0.1, -0.05) is 50.2 Å². The number of halogens is 1. The zero-order chi connectivity index (χ0) is 22.4. The fraction of sp³-hybridized carbons (Fsp3) is 0.640. The molecular formula is C25H38ClN3O2. The molecule has 2 aliphatic rings. The summed E-state index contributed by atoms with van der Waals surface area (Å²) in [5.74, 6) is 0.662. The monoisotopic (exact) mass is 447 g/mol. The molecule has 31 heavy (non-hydrogen) atoms. The van der Waals surface area contributed by atoms with Crippen LogP contribution in [0.2, 0.25) is 5.02 Å². The Morgan fingerprint density at radius 1 is 1.23 bits per heavy atom. The Bertz CT molecular complexity index is 716. The number of hydrogen-bond acceptors (Lipinski definition) is 4. The van der Waals surface area contributed by atoms with Crippen molar-refractivity contribution in [1.29, 1.82) is 0 Å². The van der Waals surface area contributed by atoms with Crippen LogP contribution in [0, 0.1) is 5.92 Å². The molecular weight excluding hydrogens is 410 g/mol. The summed E-state index contributed by atoms with van der Waals surface area (Å²) in [5, 5.41) is 0.787. The maximum absolute atomic E-state index is 12.2. The first kappa shape index (κ1) is 24.1. The van der Waals surface area contributed by atoms with E-state index in [4.69, 9.17) is 16.3 Å². The van der Waals surface area contributed by atoms with Gasteiger partial charge in [0, 0.05) is 55.9 Å². The Morgan fingerprint density at radius 2 is 1.90 bits per heavy atom. The first-order valence-corrected chi connectivity index (χ1v) is 12.0. The number of piperazine rings is 1. The lowest BCUT2D eigenvalue weighted by Crippen LogP contribution is -2.62. The third-order valence-electron chi connectivity index (χ3n) is 6.51. The van der Waals surface area contributed by atoms with Crippen molar-refractivity contribution in [3.8, 4) is 0 Å². The van der Waals surface area contributed by atoms with E-state index in [0.29, 0.717) is 24.0 Å². The molecule has 0 bridgehead atoms. The summed E-state index contributed by atoms with van der Waals surface area (Å²) in [7, 11) is 0. The van der Waals surface area contributed by atoms with Crippen LogP contribution < -0.4 is 0 Å². The quantitative estimate of drug-likeness (QED) is 0.567. The summed E-state index contributed by atoms with van der Waals surface area (Å²) in [6.07, 6.45) is 4.42. The van der Waals surface area contributed by atoms with Gasteiger partial charge in [0.2, 0.25) is 0 Å². The van der Waals surface area contributed by atoms with Crippen LogP contribution in [-0.2, 0) is 11.2 Å². The minimum Gasteiger partial charge on any atom is -0.445 e. The second kappa shape index (κ2) is 11.3. The molecule has 0 aliphatic carbocycles. The van der Waals surface area contributed by atoms with Crippen molar-refractivity contribution in [2.24, 2.45) is 5.92 Å². The maximum atomic E-state index is 12.2. The van der Waals surface area contributed by atoms with Crippen LogP contribution in [0.1, 0.15) is 39.2 Å². The molecule has 2 aliphatic heterocycles. The van der Waals surface area contributed by atoms with Gasteiger partial charge >= 0.3 is 6.09 Å². The molecule has 1 aromatic rings. The number of piperidine rings is 1. The van der Waals surface area contributed by atoms with Crippen LogP contribution in [0.3, 0.4) is 0 Å². The highest BCUT2D eigenvalue weighted by atomic mass is 35.5. The van der Waals surface area contributed by atoms with E-state index in [9.17, 15) is 4.79 Å². The van der Waals surface area contributed by atoms with Gasteiger partial charge in [-0.2, -0.15) is 0 Å². The summed E-state index contributed by atoms with van der Waals surface area (Å²) in [6.45, 7) is 15.7. The number of ether oxygens (including phenoxy) is 1. The second-order valence-corrected chi connectivity index (χ2v) is 9.90. The molecule has 1 aromatic carbocycles. The van der Waals surface area contributed by atoms with Crippen molar-refractivity contribution in [2.45, 2.75) is 58.2 Å². The molecule has 5 nitrogen and oxygen atoms in total. The topological polar surface area (TPSA) is 36.0 Å². The molecule has 6 heteroatoms. The van der Waals surface area contributed by atoms with E-state index in [0.717, 1.165) is 57.0 Å². The zero-order valence-corrected chi connectivity index (χ0v) is 20.1. The fourth-order valence-electron chi connectivity index (χ4n) is 4.97. The predicted octanol–water partition coefficient (Wildman–Crippen LogP) is 4.70. The van der Waals surface area contributed by atoms with Gasteiger partial charge in [-0.3, -0.25) is 9.80 Å². The number of amides is 1. The third-order valence-corrected chi connectivity index (χ3v) is 6.77. The SMILES string of the molecule is C=CCOC(=O)N1CCC(N2C[C@H](C)N(CC(C)C)C[C@@H]2Cc2ccc(Cl)cc2)CC1. The molecule has 1 amide bonds. The molecule has 2 fully saturated rings. The van der Waals surface area contributed by atoms with E-state index in [1.165, 1.54) is 5.56 Å². The average molecular weight is 448 g/mol. The lowest BCUT2D eigenvalue weighted by Gasteiger charge is -2.50. The van der Waals surface area contributed by atoms with Crippen molar-refractivity contribution >= 4 is 17.7 Å². The second-order valence-electron chi connectivity index (χ2n) is 9.46.